The van der Waals surface area contributed by atoms with Crippen molar-refractivity contribution in [2.75, 3.05) is 13.2 Å². The van der Waals surface area contributed by atoms with E-state index in [-0.39, 0.29) is 12.5 Å². The number of unbranched alkanes of at least 4 members (excludes halogenated alkanes) is 13. The highest BCUT2D eigenvalue weighted by Gasteiger charge is 2.44. The Hall–Kier alpha value is -1.07. The summed E-state index contributed by atoms with van der Waals surface area (Å²) in [6.07, 6.45) is 12.8. The highest BCUT2D eigenvalue weighted by Crippen LogP contribution is 2.22. The fourth-order valence-corrected chi connectivity index (χ4v) is 4.74. The van der Waals surface area contributed by atoms with Crippen molar-refractivity contribution in [1.29, 1.82) is 0 Å². The van der Waals surface area contributed by atoms with E-state index in [0.29, 0.717) is 6.42 Å². The lowest BCUT2D eigenvalue weighted by Crippen LogP contribution is -2.60. The molecule has 1 fully saturated rings. The summed E-state index contributed by atoms with van der Waals surface area (Å²) < 4.78 is 11.0. The number of ether oxygens (including phenoxy) is 2. The first-order valence-electron chi connectivity index (χ1n) is 15.4. The maximum atomic E-state index is 12.6. The van der Waals surface area contributed by atoms with Crippen LogP contribution in [0.4, 0.5) is 0 Å². The summed E-state index contributed by atoms with van der Waals surface area (Å²) in [6.45, 7) is 3.64. The lowest BCUT2D eigenvalue weighted by Gasteiger charge is -2.40. The van der Waals surface area contributed by atoms with E-state index in [2.05, 4.69) is 19.2 Å². The molecule has 0 aromatic carbocycles. The second-order valence-electron chi connectivity index (χ2n) is 10.9. The van der Waals surface area contributed by atoms with Gasteiger partial charge in [-0.15, -0.1) is 0 Å². The van der Waals surface area contributed by atoms with Crippen molar-refractivity contribution in [2.45, 2.75) is 159 Å². The monoisotopic (exact) mass is 559 g/mol. The number of rotatable bonds is 23. The molecule has 1 rings (SSSR count). The molecule has 1 aliphatic heterocycles. The summed E-state index contributed by atoms with van der Waals surface area (Å²) in [5.41, 5.74) is 0. The standard InChI is InChI=1S/C30H57NO8/c1-3-5-7-9-11-12-14-15-17-19-24(33)23(31-26(34)20-18-16-13-10-8-6-4-2)22-38-30-29(37)28(36)27(35)25(21-32)39-30/h17,19,23-25,27-30,32-33,35-37H,3-16,18,20-22H2,1-2H3,(H,31,34)/b19-17+/t23-,24+,25+,27-,28?,29?,30+/m0/s1. The minimum atomic E-state index is -1.56. The first-order chi connectivity index (χ1) is 18.8. The van der Waals surface area contributed by atoms with Gasteiger partial charge in [-0.05, 0) is 19.3 Å². The third-order valence-electron chi connectivity index (χ3n) is 7.36. The fourth-order valence-electron chi connectivity index (χ4n) is 4.74. The summed E-state index contributed by atoms with van der Waals surface area (Å²) in [7, 11) is 0. The predicted octanol–water partition coefficient (Wildman–Crippen LogP) is 3.49. The largest absolute Gasteiger partial charge is 0.394 e. The van der Waals surface area contributed by atoms with E-state index in [9.17, 15) is 30.3 Å². The zero-order valence-corrected chi connectivity index (χ0v) is 24.4. The van der Waals surface area contributed by atoms with Gasteiger partial charge in [0, 0.05) is 6.42 Å². The lowest BCUT2D eigenvalue weighted by molar-refractivity contribution is -0.302. The molecule has 0 spiro atoms. The predicted molar refractivity (Wildman–Crippen MR) is 152 cm³/mol. The van der Waals surface area contributed by atoms with Crippen molar-refractivity contribution in [3.05, 3.63) is 12.2 Å². The average molecular weight is 560 g/mol. The molecule has 0 aromatic heterocycles. The van der Waals surface area contributed by atoms with Crippen molar-refractivity contribution in [3.8, 4) is 0 Å². The number of aliphatic hydroxyl groups excluding tert-OH is 5. The molecule has 7 atom stereocenters. The molecule has 1 amide bonds. The maximum absolute atomic E-state index is 12.6. The lowest BCUT2D eigenvalue weighted by atomic mass is 9.99. The van der Waals surface area contributed by atoms with Gasteiger partial charge in [-0.2, -0.15) is 0 Å². The summed E-state index contributed by atoms with van der Waals surface area (Å²) in [6, 6.07) is -0.792. The summed E-state index contributed by atoms with van der Waals surface area (Å²) in [5, 5.41) is 53.3. The summed E-state index contributed by atoms with van der Waals surface area (Å²) >= 11 is 0. The number of hydrogen-bond donors (Lipinski definition) is 6. The van der Waals surface area contributed by atoms with Crippen LogP contribution in [0.1, 0.15) is 117 Å². The van der Waals surface area contributed by atoms with Crippen molar-refractivity contribution in [2.24, 2.45) is 0 Å². The molecule has 0 saturated carbocycles. The molecule has 1 saturated heterocycles. The molecule has 39 heavy (non-hydrogen) atoms. The van der Waals surface area contributed by atoms with Gasteiger partial charge in [0.25, 0.3) is 0 Å². The SMILES string of the molecule is CCCCCCCCC/C=C/[C@@H](O)[C@H](CO[C@@H]1O[C@H](CO)[C@H](O)C(O)C1O)NC(=O)CCCCCCCCC. The molecule has 0 aliphatic carbocycles. The second kappa shape index (κ2) is 22.6. The third kappa shape index (κ3) is 15.5. The Kier molecular flexibility index (Phi) is 20.8. The van der Waals surface area contributed by atoms with E-state index in [0.717, 1.165) is 38.5 Å². The van der Waals surface area contributed by atoms with Gasteiger partial charge in [0.2, 0.25) is 5.91 Å². The van der Waals surface area contributed by atoms with Gasteiger partial charge in [-0.3, -0.25) is 4.79 Å². The second-order valence-corrected chi connectivity index (χ2v) is 10.9. The van der Waals surface area contributed by atoms with E-state index in [1.54, 1.807) is 6.08 Å². The van der Waals surface area contributed by atoms with E-state index in [1.807, 2.05) is 6.08 Å². The number of carbonyl (C=O) groups excluding carboxylic acids is 1. The van der Waals surface area contributed by atoms with Crippen LogP contribution >= 0.6 is 0 Å². The van der Waals surface area contributed by atoms with Crippen molar-refractivity contribution < 1.29 is 39.8 Å². The van der Waals surface area contributed by atoms with Crippen LogP contribution in [-0.2, 0) is 14.3 Å². The van der Waals surface area contributed by atoms with E-state index in [4.69, 9.17) is 9.47 Å². The Morgan fingerprint density at radius 3 is 2.00 bits per heavy atom. The van der Waals surface area contributed by atoms with Gasteiger partial charge < -0.3 is 40.3 Å². The molecule has 9 heteroatoms. The van der Waals surface area contributed by atoms with Crippen LogP contribution in [0.15, 0.2) is 12.2 Å². The Bertz CT molecular complexity index is 632. The molecule has 1 heterocycles. The smallest absolute Gasteiger partial charge is 0.220 e. The molecule has 1 aliphatic rings. The van der Waals surface area contributed by atoms with Crippen LogP contribution in [0, 0.1) is 0 Å². The quantitative estimate of drug-likeness (QED) is 0.0823. The first kappa shape index (κ1) is 36.0. The van der Waals surface area contributed by atoms with Crippen molar-refractivity contribution >= 4 is 5.91 Å². The van der Waals surface area contributed by atoms with Gasteiger partial charge in [0.05, 0.1) is 25.4 Å². The molecular weight excluding hydrogens is 502 g/mol. The van der Waals surface area contributed by atoms with Crippen LogP contribution in [-0.4, -0.2) is 87.5 Å². The highest BCUT2D eigenvalue weighted by atomic mass is 16.7. The third-order valence-corrected chi connectivity index (χ3v) is 7.36. The van der Waals surface area contributed by atoms with Crippen LogP contribution in [0.2, 0.25) is 0 Å². The van der Waals surface area contributed by atoms with Gasteiger partial charge in [0.15, 0.2) is 6.29 Å². The molecule has 0 bridgehead atoms. The normalized spacial score (nSPS) is 25.2. The number of allylic oxidation sites excluding steroid dienone is 1. The molecular formula is C30H57NO8. The Balaban J connectivity index is 2.60. The van der Waals surface area contributed by atoms with Crippen LogP contribution < -0.4 is 5.32 Å². The molecule has 0 radical (unpaired) electrons. The van der Waals surface area contributed by atoms with Crippen molar-refractivity contribution in [1.82, 2.24) is 5.32 Å². The van der Waals surface area contributed by atoms with Gasteiger partial charge in [-0.1, -0.05) is 103 Å². The van der Waals surface area contributed by atoms with Gasteiger partial charge in [-0.25, -0.2) is 0 Å². The maximum Gasteiger partial charge on any atom is 0.220 e. The number of nitrogens with one attached hydrogen (secondary N) is 1. The fraction of sp³-hybridized carbons (Fsp3) is 0.900. The van der Waals surface area contributed by atoms with Gasteiger partial charge >= 0.3 is 0 Å². The van der Waals surface area contributed by atoms with Crippen LogP contribution in [0.3, 0.4) is 0 Å². The number of carbonyl (C=O) groups is 1. The van der Waals surface area contributed by atoms with E-state index < -0.39 is 49.5 Å². The van der Waals surface area contributed by atoms with E-state index in [1.165, 1.54) is 57.8 Å². The minimum Gasteiger partial charge on any atom is -0.394 e. The molecule has 2 unspecified atom stereocenters. The number of aliphatic hydroxyl groups is 5. The molecule has 230 valence electrons. The Morgan fingerprint density at radius 1 is 0.846 bits per heavy atom. The first-order valence-corrected chi connectivity index (χ1v) is 15.4. The zero-order valence-electron chi connectivity index (χ0n) is 24.4. The summed E-state index contributed by atoms with van der Waals surface area (Å²) in [5.74, 6) is -0.189. The minimum absolute atomic E-state index is 0.186. The van der Waals surface area contributed by atoms with Crippen LogP contribution in [0.25, 0.3) is 0 Å². The van der Waals surface area contributed by atoms with E-state index >= 15 is 0 Å². The Labute approximate surface area is 236 Å². The highest BCUT2D eigenvalue weighted by molar-refractivity contribution is 5.76. The summed E-state index contributed by atoms with van der Waals surface area (Å²) in [4.78, 5) is 12.6. The zero-order chi connectivity index (χ0) is 28.9. The van der Waals surface area contributed by atoms with Crippen LogP contribution in [0.5, 0.6) is 0 Å². The van der Waals surface area contributed by atoms with Crippen molar-refractivity contribution in [3.63, 3.8) is 0 Å². The van der Waals surface area contributed by atoms with Gasteiger partial charge in [0.1, 0.15) is 24.4 Å². The number of amides is 1. The molecule has 9 nitrogen and oxygen atoms in total. The Morgan fingerprint density at radius 2 is 1.41 bits per heavy atom. The number of hydrogen-bond acceptors (Lipinski definition) is 8. The topological polar surface area (TPSA) is 149 Å². The molecule has 6 N–H and O–H groups in total. The average Bonchev–Trinajstić information content (AvgIpc) is 2.93. The molecule has 0 aromatic rings.